The van der Waals surface area contributed by atoms with Gasteiger partial charge in [-0.2, -0.15) is 0 Å². The first-order valence-corrected chi connectivity index (χ1v) is 7.78. The summed E-state index contributed by atoms with van der Waals surface area (Å²) in [6, 6.07) is 17.9. The fourth-order valence-corrected chi connectivity index (χ4v) is 4.02. The summed E-state index contributed by atoms with van der Waals surface area (Å²) >= 11 is 3.17. The zero-order valence-corrected chi connectivity index (χ0v) is 12.0. The molecule has 5 heteroatoms. The highest BCUT2D eigenvalue weighted by atomic mass is 32.2. The molecule has 0 atom stereocenters. The quantitative estimate of drug-likeness (QED) is 0.529. The Morgan fingerprint density at radius 2 is 1.25 bits per heavy atom. The average Bonchev–Trinajstić information content (AvgIpc) is 2.86. The van der Waals surface area contributed by atoms with Crippen LogP contribution in [0.25, 0.3) is 20.7 Å². The summed E-state index contributed by atoms with van der Waals surface area (Å²) in [5.41, 5.74) is 2.82. The smallest absolute Gasteiger partial charge is 0.175 e. The largest absolute Gasteiger partial charge is 0.233 e. The molecule has 0 saturated heterocycles. The van der Waals surface area contributed by atoms with Crippen molar-refractivity contribution in [3.05, 3.63) is 58.6 Å². The lowest BCUT2D eigenvalue weighted by Gasteiger charge is -1.93. The van der Waals surface area contributed by atoms with Gasteiger partial charge in [-0.15, -0.1) is 0 Å². The van der Waals surface area contributed by atoms with Crippen molar-refractivity contribution in [1.29, 1.82) is 0 Å². The van der Waals surface area contributed by atoms with Crippen LogP contribution >= 0.6 is 22.7 Å². The molecule has 2 heterocycles. The fourth-order valence-electron chi connectivity index (χ4n) is 1.94. The average molecular weight is 295 g/mol. The van der Waals surface area contributed by atoms with E-state index in [2.05, 4.69) is 15.0 Å². The standard InChI is InChI=1S/C15H9N3S2/c1-2-6-10(7-3-1)16-15-19-13-14(20-15)18-12-9-5-4-8-11(12)17-13/h1-9H. The number of aromatic nitrogens is 2. The van der Waals surface area contributed by atoms with Crippen molar-refractivity contribution in [3.63, 3.8) is 0 Å². The lowest BCUT2D eigenvalue weighted by molar-refractivity contribution is 1.44. The van der Waals surface area contributed by atoms with Crippen LogP contribution in [0.1, 0.15) is 0 Å². The molecule has 0 aliphatic rings. The predicted octanol–water partition coefficient (Wildman–Crippen LogP) is 4.14. The van der Waals surface area contributed by atoms with Crippen LogP contribution in [0.5, 0.6) is 0 Å². The Balaban J connectivity index is 1.94. The summed E-state index contributed by atoms with van der Waals surface area (Å²) in [6.07, 6.45) is 0. The monoisotopic (exact) mass is 295 g/mol. The molecule has 0 radical (unpaired) electrons. The third-order valence-corrected chi connectivity index (χ3v) is 4.97. The van der Waals surface area contributed by atoms with E-state index < -0.39 is 0 Å². The molecule has 0 aliphatic carbocycles. The molecule has 0 aliphatic heterocycles. The first-order valence-electron chi connectivity index (χ1n) is 6.15. The third-order valence-electron chi connectivity index (χ3n) is 2.85. The van der Waals surface area contributed by atoms with Gasteiger partial charge in [0, 0.05) is 0 Å². The molecule has 0 saturated carbocycles. The van der Waals surface area contributed by atoms with E-state index >= 15 is 0 Å². The number of hydrogen-bond acceptors (Lipinski definition) is 5. The van der Waals surface area contributed by atoms with Crippen molar-refractivity contribution >= 4 is 49.1 Å². The number of hydrogen-bond donors (Lipinski definition) is 0. The summed E-state index contributed by atoms with van der Waals surface area (Å²) in [7, 11) is 0. The maximum Gasteiger partial charge on any atom is 0.175 e. The van der Waals surface area contributed by atoms with Gasteiger partial charge in [0.15, 0.2) is 13.6 Å². The summed E-state index contributed by atoms with van der Waals surface area (Å²) in [5, 5.41) is 0. The molecule has 4 rings (SSSR count). The minimum Gasteiger partial charge on any atom is -0.233 e. The molecule has 96 valence electrons. The van der Waals surface area contributed by atoms with Crippen LogP contribution in [-0.4, -0.2) is 9.97 Å². The molecule has 3 nitrogen and oxygen atoms in total. The Bertz CT molecular complexity index is 899. The van der Waals surface area contributed by atoms with Crippen LogP contribution < -0.4 is 3.98 Å². The van der Waals surface area contributed by atoms with E-state index in [1.807, 2.05) is 54.6 Å². The van der Waals surface area contributed by atoms with E-state index in [4.69, 9.17) is 0 Å². The molecule has 0 unspecified atom stereocenters. The van der Waals surface area contributed by atoms with E-state index in [9.17, 15) is 0 Å². The van der Waals surface area contributed by atoms with Gasteiger partial charge in [-0.3, -0.25) is 0 Å². The normalized spacial score (nSPS) is 11.0. The highest BCUT2D eigenvalue weighted by molar-refractivity contribution is 7.35. The second kappa shape index (κ2) is 4.77. The van der Waals surface area contributed by atoms with Crippen molar-refractivity contribution in [3.8, 4) is 0 Å². The topological polar surface area (TPSA) is 38.1 Å². The lowest BCUT2D eigenvalue weighted by Crippen LogP contribution is -1.82. The Morgan fingerprint density at radius 1 is 0.700 bits per heavy atom. The number of rotatable bonds is 1. The van der Waals surface area contributed by atoms with Gasteiger partial charge in [0.2, 0.25) is 0 Å². The Labute approximate surface area is 122 Å². The van der Waals surface area contributed by atoms with Crippen LogP contribution in [-0.2, 0) is 0 Å². The molecule has 0 amide bonds. The third kappa shape index (κ3) is 2.11. The fraction of sp³-hybridized carbons (Fsp3) is 0. The molecule has 2 aromatic heterocycles. The first-order chi connectivity index (χ1) is 9.88. The Kier molecular flexibility index (Phi) is 2.79. The molecule has 2 aromatic carbocycles. The van der Waals surface area contributed by atoms with Crippen LogP contribution in [0, 0.1) is 0 Å². The van der Waals surface area contributed by atoms with E-state index in [0.717, 1.165) is 30.4 Å². The van der Waals surface area contributed by atoms with Crippen LogP contribution in [0.4, 0.5) is 5.69 Å². The molecule has 0 bridgehead atoms. The van der Waals surface area contributed by atoms with Gasteiger partial charge < -0.3 is 0 Å². The summed E-state index contributed by atoms with van der Waals surface area (Å²) < 4.78 is 0.974. The second-order valence-electron chi connectivity index (χ2n) is 4.24. The molecule has 0 N–H and O–H groups in total. The number of para-hydroxylation sites is 3. The van der Waals surface area contributed by atoms with Crippen molar-refractivity contribution in [2.45, 2.75) is 0 Å². The number of benzene rings is 2. The molecule has 0 fully saturated rings. The first kappa shape index (κ1) is 11.7. The molecule has 4 aromatic rings. The summed E-state index contributed by atoms with van der Waals surface area (Å²) in [5.74, 6) is 0. The highest BCUT2D eigenvalue weighted by Crippen LogP contribution is 2.21. The predicted molar refractivity (Wildman–Crippen MR) is 84.5 cm³/mol. The molecule has 20 heavy (non-hydrogen) atoms. The van der Waals surface area contributed by atoms with Gasteiger partial charge >= 0.3 is 0 Å². The maximum absolute atomic E-state index is 4.65. The zero-order chi connectivity index (χ0) is 13.4. The van der Waals surface area contributed by atoms with Gasteiger partial charge in [-0.05, 0) is 24.3 Å². The highest BCUT2D eigenvalue weighted by Gasteiger charge is 2.04. The zero-order valence-electron chi connectivity index (χ0n) is 10.4. The molecular weight excluding hydrogens is 286 g/mol. The van der Waals surface area contributed by atoms with Gasteiger partial charge in [-0.25, -0.2) is 15.0 Å². The van der Waals surface area contributed by atoms with Gasteiger partial charge in [-0.1, -0.05) is 53.0 Å². The Hall–Kier alpha value is -2.11. The maximum atomic E-state index is 4.65. The van der Waals surface area contributed by atoms with Gasteiger partial charge in [0.25, 0.3) is 0 Å². The van der Waals surface area contributed by atoms with Crippen LogP contribution in [0.2, 0.25) is 0 Å². The van der Waals surface area contributed by atoms with Gasteiger partial charge in [0.05, 0.1) is 16.7 Å². The number of fused-ring (bicyclic) bond motifs is 2. The van der Waals surface area contributed by atoms with Crippen molar-refractivity contribution in [2.75, 3.05) is 0 Å². The molecule has 0 spiro atoms. The lowest BCUT2D eigenvalue weighted by atomic mass is 10.3. The van der Waals surface area contributed by atoms with Crippen molar-refractivity contribution in [1.82, 2.24) is 9.97 Å². The van der Waals surface area contributed by atoms with E-state index in [-0.39, 0.29) is 0 Å². The van der Waals surface area contributed by atoms with E-state index in [0.29, 0.717) is 0 Å². The molecular formula is C15H9N3S2. The van der Waals surface area contributed by atoms with Gasteiger partial charge in [0.1, 0.15) is 0 Å². The van der Waals surface area contributed by atoms with E-state index in [1.54, 1.807) is 22.7 Å². The van der Waals surface area contributed by atoms with Crippen molar-refractivity contribution < 1.29 is 0 Å². The summed E-state index contributed by atoms with van der Waals surface area (Å²) in [6.45, 7) is 0. The minimum absolute atomic E-state index is 0.931. The SMILES string of the molecule is c1ccc(N=c2sc3nc4ccccc4nc3s2)cc1. The Morgan fingerprint density at radius 3 is 1.85 bits per heavy atom. The van der Waals surface area contributed by atoms with Crippen molar-refractivity contribution in [2.24, 2.45) is 4.99 Å². The van der Waals surface area contributed by atoms with Crippen LogP contribution in [0.3, 0.4) is 0 Å². The summed E-state index contributed by atoms with van der Waals surface area (Å²) in [4.78, 5) is 15.8. The minimum atomic E-state index is 0.931. The second-order valence-corrected chi connectivity index (χ2v) is 6.45. The van der Waals surface area contributed by atoms with Crippen LogP contribution in [0.15, 0.2) is 59.6 Å². The number of nitrogens with zero attached hydrogens (tertiary/aromatic N) is 3. The van der Waals surface area contributed by atoms with E-state index in [1.165, 1.54) is 0 Å².